The van der Waals surface area contributed by atoms with Crippen LogP contribution in [0.2, 0.25) is 0 Å². The first-order valence-corrected chi connectivity index (χ1v) is 5.44. The molecule has 5 nitrogen and oxygen atoms in total. The maximum absolute atomic E-state index is 11.3. The lowest BCUT2D eigenvalue weighted by molar-refractivity contribution is -0.122. The van der Waals surface area contributed by atoms with Crippen LogP contribution in [0.3, 0.4) is 0 Å². The second-order valence-corrected chi connectivity index (χ2v) is 3.91. The number of nitrogens with one attached hydrogen (secondary N) is 2. The topological polar surface area (TPSA) is 70.6 Å². The summed E-state index contributed by atoms with van der Waals surface area (Å²) in [5.41, 5.74) is -0.853. The summed E-state index contributed by atoms with van der Waals surface area (Å²) in [4.78, 5) is 11.3. The van der Waals surface area contributed by atoms with E-state index in [4.69, 9.17) is 4.74 Å². The summed E-state index contributed by atoms with van der Waals surface area (Å²) in [6.45, 7) is 4.72. The number of amides is 1. The SMILES string of the molecule is CCNCCC(=O)NCC1(O)CCOC1. The van der Waals surface area contributed by atoms with Gasteiger partial charge in [0.25, 0.3) is 0 Å². The minimum Gasteiger partial charge on any atom is -0.386 e. The molecule has 0 saturated carbocycles. The zero-order valence-electron chi connectivity index (χ0n) is 9.21. The number of aliphatic hydroxyl groups is 1. The van der Waals surface area contributed by atoms with Crippen LogP contribution in [0.25, 0.3) is 0 Å². The first-order chi connectivity index (χ1) is 7.16. The highest BCUT2D eigenvalue weighted by Gasteiger charge is 2.32. The Hall–Kier alpha value is -0.650. The van der Waals surface area contributed by atoms with E-state index < -0.39 is 5.60 Å². The maximum Gasteiger partial charge on any atom is 0.221 e. The van der Waals surface area contributed by atoms with Gasteiger partial charge in [-0.2, -0.15) is 0 Å². The van der Waals surface area contributed by atoms with Crippen LogP contribution in [0.5, 0.6) is 0 Å². The summed E-state index contributed by atoms with van der Waals surface area (Å²) in [7, 11) is 0. The van der Waals surface area contributed by atoms with Gasteiger partial charge in [0.15, 0.2) is 0 Å². The Kier molecular flexibility index (Phi) is 5.01. The summed E-state index contributed by atoms with van der Waals surface area (Å²) in [6, 6.07) is 0. The molecule has 0 bridgehead atoms. The van der Waals surface area contributed by atoms with Crippen molar-refractivity contribution in [2.75, 3.05) is 32.8 Å². The standard InChI is InChI=1S/C10H20N2O3/c1-2-11-5-3-9(13)12-7-10(14)4-6-15-8-10/h11,14H,2-8H2,1H3,(H,12,13). The van der Waals surface area contributed by atoms with E-state index in [9.17, 15) is 9.90 Å². The first-order valence-electron chi connectivity index (χ1n) is 5.44. The lowest BCUT2D eigenvalue weighted by atomic mass is 10.0. The van der Waals surface area contributed by atoms with Crippen molar-refractivity contribution in [1.82, 2.24) is 10.6 Å². The number of carbonyl (C=O) groups is 1. The van der Waals surface area contributed by atoms with E-state index in [0.29, 0.717) is 32.6 Å². The molecule has 1 rings (SSSR count). The quantitative estimate of drug-likeness (QED) is 0.511. The van der Waals surface area contributed by atoms with Gasteiger partial charge in [-0.3, -0.25) is 4.79 Å². The van der Waals surface area contributed by atoms with E-state index in [2.05, 4.69) is 10.6 Å². The second-order valence-electron chi connectivity index (χ2n) is 3.91. The van der Waals surface area contributed by atoms with Crippen LogP contribution in [0.15, 0.2) is 0 Å². The molecule has 1 atom stereocenters. The number of hydrogen-bond donors (Lipinski definition) is 3. The molecule has 5 heteroatoms. The molecule has 1 fully saturated rings. The largest absolute Gasteiger partial charge is 0.386 e. The normalized spacial score (nSPS) is 25.5. The third kappa shape index (κ3) is 4.59. The van der Waals surface area contributed by atoms with Crippen LogP contribution in [0.1, 0.15) is 19.8 Å². The molecule has 15 heavy (non-hydrogen) atoms. The highest BCUT2D eigenvalue weighted by molar-refractivity contribution is 5.76. The molecule has 1 aliphatic heterocycles. The van der Waals surface area contributed by atoms with Crippen molar-refractivity contribution in [2.45, 2.75) is 25.4 Å². The van der Waals surface area contributed by atoms with Crippen molar-refractivity contribution in [2.24, 2.45) is 0 Å². The van der Waals surface area contributed by atoms with Gasteiger partial charge in [-0.05, 0) is 6.54 Å². The lowest BCUT2D eigenvalue weighted by Gasteiger charge is -2.20. The highest BCUT2D eigenvalue weighted by atomic mass is 16.5. The summed E-state index contributed by atoms with van der Waals surface area (Å²) in [5, 5.41) is 15.6. The van der Waals surface area contributed by atoms with Gasteiger partial charge in [-0.25, -0.2) is 0 Å². The fraction of sp³-hybridized carbons (Fsp3) is 0.900. The van der Waals surface area contributed by atoms with E-state index in [1.54, 1.807) is 0 Å². The molecule has 1 amide bonds. The van der Waals surface area contributed by atoms with Gasteiger partial charge >= 0.3 is 0 Å². The van der Waals surface area contributed by atoms with Gasteiger partial charge in [0.1, 0.15) is 5.60 Å². The maximum atomic E-state index is 11.3. The van der Waals surface area contributed by atoms with Crippen molar-refractivity contribution in [1.29, 1.82) is 0 Å². The Labute approximate surface area is 90.2 Å². The molecule has 1 unspecified atom stereocenters. The van der Waals surface area contributed by atoms with Crippen LogP contribution in [-0.2, 0) is 9.53 Å². The van der Waals surface area contributed by atoms with Crippen molar-refractivity contribution in [3.8, 4) is 0 Å². The minimum atomic E-state index is -0.853. The predicted octanol–water partition coefficient (Wildman–Crippen LogP) is -0.746. The minimum absolute atomic E-state index is 0.0312. The molecule has 1 heterocycles. The van der Waals surface area contributed by atoms with Gasteiger partial charge in [0.2, 0.25) is 5.91 Å². The first kappa shape index (κ1) is 12.4. The smallest absolute Gasteiger partial charge is 0.221 e. The fourth-order valence-electron chi connectivity index (χ4n) is 1.47. The zero-order valence-corrected chi connectivity index (χ0v) is 9.21. The van der Waals surface area contributed by atoms with E-state index >= 15 is 0 Å². The molecule has 3 N–H and O–H groups in total. The van der Waals surface area contributed by atoms with Crippen molar-refractivity contribution in [3.05, 3.63) is 0 Å². The van der Waals surface area contributed by atoms with Crippen LogP contribution in [0.4, 0.5) is 0 Å². The highest BCUT2D eigenvalue weighted by Crippen LogP contribution is 2.16. The van der Waals surface area contributed by atoms with Crippen LogP contribution < -0.4 is 10.6 Å². The molecule has 0 spiro atoms. The van der Waals surface area contributed by atoms with E-state index in [1.165, 1.54) is 0 Å². The average Bonchev–Trinajstić information content (AvgIpc) is 2.64. The molecule has 0 aliphatic carbocycles. The van der Waals surface area contributed by atoms with Gasteiger partial charge in [0.05, 0.1) is 6.61 Å². The Morgan fingerprint density at radius 1 is 1.60 bits per heavy atom. The second kappa shape index (κ2) is 6.05. The summed E-state index contributed by atoms with van der Waals surface area (Å²) < 4.78 is 5.08. The number of hydrogen-bond acceptors (Lipinski definition) is 4. The zero-order chi connectivity index (χ0) is 11.1. The Morgan fingerprint density at radius 3 is 3.00 bits per heavy atom. The fourth-order valence-corrected chi connectivity index (χ4v) is 1.47. The summed E-state index contributed by atoms with van der Waals surface area (Å²) in [5.74, 6) is -0.0312. The van der Waals surface area contributed by atoms with Gasteiger partial charge in [0, 0.05) is 32.5 Å². The molecular weight excluding hydrogens is 196 g/mol. The predicted molar refractivity (Wildman–Crippen MR) is 56.6 cm³/mol. The Bertz CT molecular complexity index is 203. The van der Waals surface area contributed by atoms with Crippen molar-refractivity contribution < 1.29 is 14.6 Å². The Balaban J connectivity index is 2.10. The van der Waals surface area contributed by atoms with Gasteiger partial charge in [-0.15, -0.1) is 0 Å². The molecule has 0 radical (unpaired) electrons. The Morgan fingerprint density at radius 2 is 2.40 bits per heavy atom. The van der Waals surface area contributed by atoms with Crippen LogP contribution >= 0.6 is 0 Å². The molecule has 1 aliphatic rings. The van der Waals surface area contributed by atoms with Crippen molar-refractivity contribution in [3.63, 3.8) is 0 Å². The number of ether oxygens (including phenoxy) is 1. The molecular formula is C10H20N2O3. The number of rotatable bonds is 6. The lowest BCUT2D eigenvalue weighted by Crippen LogP contribution is -2.43. The van der Waals surface area contributed by atoms with Crippen LogP contribution in [-0.4, -0.2) is 49.5 Å². The summed E-state index contributed by atoms with van der Waals surface area (Å²) >= 11 is 0. The van der Waals surface area contributed by atoms with Gasteiger partial charge in [-0.1, -0.05) is 6.92 Å². The molecule has 0 aromatic rings. The number of carbonyl (C=O) groups excluding carboxylic acids is 1. The third-order valence-corrected chi connectivity index (χ3v) is 2.48. The molecule has 0 aromatic heterocycles. The van der Waals surface area contributed by atoms with E-state index in [-0.39, 0.29) is 12.5 Å². The molecule has 88 valence electrons. The monoisotopic (exact) mass is 216 g/mol. The van der Waals surface area contributed by atoms with Crippen LogP contribution in [0, 0.1) is 0 Å². The van der Waals surface area contributed by atoms with Crippen molar-refractivity contribution >= 4 is 5.91 Å². The summed E-state index contributed by atoms with van der Waals surface area (Å²) in [6.07, 6.45) is 1.05. The van der Waals surface area contributed by atoms with E-state index in [1.807, 2.05) is 6.92 Å². The van der Waals surface area contributed by atoms with E-state index in [0.717, 1.165) is 6.54 Å². The molecule has 0 aromatic carbocycles. The third-order valence-electron chi connectivity index (χ3n) is 2.48. The van der Waals surface area contributed by atoms with Gasteiger partial charge < -0.3 is 20.5 Å². The molecule has 1 saturated heterocycles. The average molecular weight is 216 g/mol.